The Bertz CT molecular complexity index is 1430. The molecule has 0 aliphatic heterocycles. The van der Waals surface area contributed by atoms with Gasteiger partial charge in [-0.15, -0.1) is 0 Å². The van der Waals surface area contributed by atoms with E-state index in [1.807, 2.05) is 6.07 Å². The maximum Gasteiger partial charge on any atom is 0.174 e. The van der Waals surface area contributed by atoms with E-state index in [9.17, 15) is 9.65 Å². The van der Waals surface area contributed by atoms with E-state index in [0.717, 1.165) is 14.7 Å². The van der Waals surface area contributed by atoms with Crippen LogP contribution < -0.4 is 9.47 Å². The summed E-state index contributed by atoms with van der Waals surface area (Å²) in [6.45, 7) is 0.233. The largest absolute Gasteiger partial charge is 0.493 e. The Morgan fingerprint density at radius 3 is 2.76 bits per heavy atom. The number of rotatable bonds is 6. The summed E-state index contributed by atoms with van der Waals surface area (Å²) in [6.07, 6.45) is 1.68. The van der Waals surface area contributed by atoms with Crippen LogP contribution in [-0.4, -0.2) is 17.1 Å². The highest BCUT2D eigenvalue weighted by Crippen LogP contribution is 2.36. The van der Waals surface area contributed by atoms with Crippen molar-refractivity contribution in [1.82, 2.24) is 9.97 Å². The van der Waals surface area contributed by atoms with E-state index in [2.05, 4.69) is 38.6 Å². The van der Waals surface area contributed by atoms with Crippen LogP contribution in [0.1, 0.15) is 17.0 Å². The van der Waals surface area contributed by atoms with Crippen LogP contribution in [-0.2, 0) is 6.61 Å². The lowest BCUT2D eigenvalue weighted by Crippen LogP contribution is -2.01. The number of allylic oxidation sites excluding steroid dienone is 1. The Kier molecular flexibility index (Phi) is 7.08. The number of nitrogens with zero attached hydrogens (tertiary/aromatic N) is 2. The van der Waals surface area contributed by atoms with Crippen molar-refractivity contribution in [3.8, 4) is 17.6 Å². The third-order valence-corrected chi connectivity index (χ3v) is 6.16. The lowest BCUT2D eigenvalue weighted by Gasteiger charge is -2.14. The minimum atomic E-state index is -0.380. The highest BCUT2D eigenvalue weighted by Gasteiger charge is 2.14. The number of hydrogen-bond acceptors (Lipinski definition) is 4. The van der Waals surface area contributed by atoms with Crippen LogP contribution in [0.3, 0.4) is 0 Å². The molecule has 1 N–H and O–H groups in total. The van der Waals surface area contributed by atoms with E-state index in [1.165, 1.54) is 12.1 Å². The predicted octanol–water partition coefficient (Wildman–Crippen LogP) is 7.27. The van der Waals surface area contributed by atoms with E-state index >= 15 is 0 Å². The SMILES string of the molecule is COc1cc(/C=C(/C#N)c2nc3ccc(F)cc3[nH]2)cc(I)c1OCc1ccc(Cl)cc1Cl. The Morgan fingerprint density at radius 2 is 2.03 bits per heavy atom. The van der Waals surface area contributed by atoms with Gasteiger partial charge in [-0.2, -0.15) is 5.26 Å². The van der Waals surface area contributed by atoms with Crippen molar-refractivity contribution >= 4 is 68.5 Å². The van der Waals surface area contributed by atoms with Crippen LogP contribution in [0.2, 0.25) is 10.0 Å². The highest BCUT2D eigenvalue weighted by molar-refractivity contribution is 14.1. The zero-order valence-electron chi connectivity index (χ0n) is 17.1. The summed E-state index contributed by atoms with van der Waals surface area (Å²) in [5, 5.41) is 10.8. The molecule has 0 bridgehead atoms. The third-order valence-electron chi connectivity index (χ3n) is 4.77. The molecule has 0 radical (unpaired) electrons. The second-order valence-electron chi connectivity index (χ2n) is 6.98. The van der Waals surface area contributed by atoms with E-state index in [1.54, 1.807) is 43.5 Å². The minimum absolute atomic E-state index is 0.233. The fraction of sp³-hybridized carbons (Fsp3) is 0.0833. The van der Waals surface area contributed by atoms with Gasteiger partial charge in [0, 0.05) is 15.6 Å². The average molecular weight is 594 g/mol. The first-order valence-electron chi connectivity index (χ1n) is 9.59. The first kappa shape index (κ1) is 23.4. The molecule has 0 aliphatic rings. The van der Waals surface area contributed by atoms with Gasteiger partial charge >= 0.3 is 0 Å². The number of methoxy groups -OCH3 is 1. The van der Waals surface area contributed by atoms with Gasteiger partial charge in [0.15, 0.2) is 11.5 Å². The van der Waals surface area contributed by atoms with Crippen LogP contribution in [0.4, 0.5) is 4.39 Å². The van der Waals surface area contributed by atoms with E-state index in [0.29, 0.717) is 44.0 Å². The van der Waals surface area contributed by atoms with Gasteiger partial charge in [0.2, 0.25) is 0 Å². The molecule has 4 aromatic rings. The number of aromatic amines is 1. The van der Waals surface area contributed by atoms with Crippen molar-refractivity contribution in [3.05, 3.63) is 84.9 Å². The summed E-state index contributed by atoms with van der Waals surface area (Å²) in [6, 6.07) is 15.2. The molecule has 0 saturated carbocycles. The van der Waals surface area contributed by atoms with E-state index < -0.39 is 0 Å². The number of nitriles is 1. The topological polar surface area (TPSA) is 70.9 Å². The molecule has 0 aliphatic carbocycles. The van der Waals surface area contributed by atoms with Crippen molar-refractivity contribution in [2.45, 2.75) is 6.61 Å². The summed E-state index contributed by atoms with van der Waals surface area (Å²) in [7, 11) is 1.54. The molecule has 1 heterocycles. The van der Waals surface area contributed by atoms with Gasteiger partial charge in [0.1, 0.15) is 24.3 Å². The van der Waals surface area contributed by atoms with Crippen LogP contribution in [0.15, 0.2) is 48.5 Å². The van der Waals surface area contributed by atoms with Crippen LogP contribution in [0.5, 0.6) is 11.5 Å². The molecule has 3 aromatic carbocycles. The molecule has 0 spiro atoms. The van der Waals surface area contributed by atoms with Crippen molar-refractivity contribution < 1.29 is 13.9 Å². The maximum absolute atomic E-state index is 13.5. The number of ether oxygens (including phenoxy) is 2. The summed E-state index contributed by atoms with van der Waals surface area (Å²) in [4.78, 5) is 7.38. The number of H-pyrrole nitrogens is 1. The Morgan fingerprint density at radius 1 is 1.21 bits per heavy atom. The number of fused-ring (bicyclic) bond motifs is 1. The first-order chi connectivity index (χ1) is 15.9. The molecule has 0 amide bonds. The fourth-order valence-electron chi connectivity index (χ4n) is 3.18. The van der Waals surface area contributed by atoms with Gasteiger partial charge in [-0.25, -0.2) is 9.37 Å². The maximum atomic E-state index is 13.5. The predicted molar refractivity (Wildman–Crippen MR) is 136 cm³/mol. The zero-order valence-corrected chi connectivity index (χ0v) is 20.8. The minimum Gasteiger partial charge on any atom is -0.493 e. The Balaban J connectivity index is 1.64. The van der Waals surface area contributed by atoms with E-state index in [-0.39, 0.29) is 12.4 Å². The van der Waals surface area contributed by atoms with Gasteiger partial charge in [-0.1, -0.05) is 29.3 Å². The molecule has 166 valence electrons. The summed E-state index contributed by atoms with van der Waals surface area (Å²) in [5.74, 6) is 1.03. The molecular weight excluding hydrogens is 579 g/mol. The zero-order chi connectivity index (χ0) is 23.5. The summed E-state index contributed by atoms with van der Waals surface area (Å²) >= 11 is 14.3. The van der Waals surface area contributed by atoms with Gasteiger partial charge in [0.05, 0.1) is 27.3 Å². The normalized spacial score (nSPS) is 11.5. The Hall–Kier alpha value is -2.80. The van der Waals surface area contributed by atoms with Crippen molar-refractivity contribution in [2.75, 3.05) is 7.11 Å². The van der Waals surface area contributed by atoms with Gasteiger partial charge in [0.25, 0.3) is 0 Å². The van der Waals surface area contributed by atoms with Crippen molar-refractivity contribution in [1.29, 1.82) is 5.26 Å². The quantitative estimate of drug-likeness (QED) is 0.189. The number of benzene rings is 3. The Labute approximate surface area is 212 Å². The second-order valence-corrected chi connectivity index (χ2v) is 8.98. The molecule has 9 heteroatoms. The second kappa shape index (κ2) is 10.00. The smallest absolute Gasteiger partial charge is 0.174 e. The average Bonchev–Trinajstić information content (AvgIpc) is 3.20. The molecule has 33 heavy (non-hydrogen) atoms. The number of hydrogen-bond donors (Lipinski definition) is 1. The first-order valence-corrected chi connectivity index (χ1v) is 11.4. The number of nitrogens with one attached hydrogen (secondary N) is 1. The number of halogens is 4. The van der Waals surface area contributed by atoms with Crippen molar-refractivity contribution in [3.63, 3.8) is 0 Å². The summed E-state index contributed by atoms with van der Waals surface area (Å²) in [5.41, 5.74) is 2.89. The van der Waals surface area contributed by atoms with E-state index in [4.69, 9.17) is 32.7 Å². The van der Waals surface area contributed by atoms with Crippen LogP contribution in [0.25, 0.3) is 22.7 Å². The molecule has 4 rings (SSSR count). The van der Waals surface area contributed by atoms with Crippen LogP contribution in [0, 0.1) is 20.7 Å². The van der Waals surface area contributed by atoms with Crippen molar-refractivity contribution in [2.24, 2.45) is 0 Å². The fourth-order valence-corrected chi connectivity index (χ4v) is 4.43. The van der Waals surface area contributed by atoms with Gasteiger partial charge < -0.3 is 14.5 Å². The van der Waals surface area contributed by atoms with Crippen LogP contribution >= 0.6 is 45.8 Å². The number of imidazole rings is 1. The molecule has 5 nitrogen and oxygen atoms in total. The summed E-state index contributed by atoms with van der Waals surface area (Å²) < 4.78 is 25.8. The molecule has 0 fully saturated rings. The lowest BCUT2D eigenvalue weighted by molar-refractivity contribution is 0.282. The molecule has 0 atom stereocenters. The van der Waals surface area contributed by atoms with Gasteiger partial charge in [-0.3, -0.25) is 0 Å². The number of aromatic nitrogens is 2. The molecule has 1 aromatic heterocycles. The van der Waals surface area contributed by atoms with Gasteiger partial charge in [-0.05, 0) is 76.7 Å². The molecular formula is C24H15Cl2FIN3O2. The molecule has 0 saturated heterocycles. The highest BCUT2D eigenvalue weighted by atomic mass is 127. The third kappa shape index (κ3) is 5.24. The standard InChI is InChI=1S/C24H15Cl2FIN3O2/c1-32-22-8-13(6-15(11-29)24-30-20-5-4-17(27)10-21(20)31-24)7-19(28)23(22)33-12-14-2-3-16(25)9-18(14)26/h2-10H,12H2,1H3,(H,30,31)/b15-6-. The monoisotopic (exact) mass is 593 g/mol. The lowest BCUT2D eigenvalue weighted by atomic mass is 10.1. The molecule has 0 unspecified atom stereocenters.